The fraction of sp³-hybridized carbons (Fsp3) is 0.211. The third-order valence-electron chi connectivity index (χ3n) is 3.93. The Hall–Kier alpha value is -2.51. The Balaban J connectivity index is 1.70. The zero-order valence-electron chi connectivity index (χ0n) is 15.1. The number of rotatable bonds is 6. The van der Waals surface area contributed by atoms with Crippen molar-refractivity contribution in [2.75, 3.05) is 12.4 Å². The Labute approximate surface area is 166 Å². The lowest BCUT2D eigenvalue weighted by Gasteiger charge is -2.12. The molecule has 0 fully saturated rings. The van der Waals surface area contributed by atoms with Crippen LogP contribution in [-0.4, -0.2) is 33.0 Å². The van der Waals surface area contributed by atoms with Gasteiger partial charge in [0.25, 0.3) is 0 Å². The minimum Gasteiger partial charge on any atom is -0.497 e. The Kier molecular flexibility index (Phi) is 6.03. The van der Waals surface area contributed by atoms with Gasteiger partial charge in [0.1, 0.15) is 5.75 Å². The maximum Gasteiger partial charge on any atom is 0.237 e. The summed E-state index contributed by atoms with van der Waals surface area (Å²) < 4.78 is 7.05. The van der Waals surface area contributed by atoms with Gasteiger partial charge in [0.05, 0.1) is 12.4 Å². The van der Waals surface area contributed by atoms with Crippen LogP contribution >= 0.6 is 23.4 Å². The molecule has 1 heterocycles. The summed E-state index contributed by atoms with van der Waals surface area (Å²) in [6, 6.07) is 14.6. The lowest BCUT2D eigenvalue weighted by Crippen LogP contribution is -2.22. The van der Waals surface area contributed by atoms with Gasteiger partial charge in [-0.2, -0.15) is 0 Å². The van der Waals surface area contributed by atoms with Crippen LogP contribution in [-0.2, 0) is 11.8 Å². The van der Waals surface area contributed by atoms with Crippen molar-refractivity contribution in [2.45, 2.75) is 17.3 Å². The average Bonchev–Trinajstić information content (AvgIpc) is 3.02. The van der Waals surface area contributed by atoms with Crippen LogP contribution in [0.5, 0.6) is 5.75 Å². The summed E-state index contributed by atoms with van der Waals surface area (Å²) in [6.07, 6.45) is 0. The van der Waals surface area contributed by atoms with Crippen LogP contribution in [0, 0.1) is 0 Å². The Morgan fingerprint density at radius 1 is 1.22 bits per heavy atom. The SMILES string of the molecule is COc1ccc(-c2nnc(S[C@@H](C)C(=O)Nc3cccc(Cl)c3)n2C)cc1. The van der Waals surface area contributed by atoms with E-state index in [2.05, 4.69) is 15.5 Å². The highest BCUT2D eigenvalue weighted by atomic mass is 35.5. The zero-order chi connectivity index (χ0) is 19.4. The first kappa shape index (κ1) is 19.3. The summed E-state index contributed by atoms with van der Waals surface area (Å²) in [5.74, 6) is 1.38. The number of hydrogen-bond donors (Lipinski definition) is 1. The zero-order valence-corrected chi connectivity index (χ0v) is 16.7. The molecule has 6 nitrogen and oxygen atoms in total. The quantitative estimate of drug-likeness (QED) is 0.624. The van der Waals surface area contributed by atoms with E-state index in [1.54, 1.807) is 31.4 Å². The third-order valence-corrected chi connectivity index (χ3v) is 5.30. The minimum atomic E-state index is -0.351. The normalized spacial score (nSPS) is 11.9. The van der Waals surface area contributed by atoms with Crippen LogP contribution < -0.4 is 10.1 Å². The van der Waals surface area contributed by atoms with Crippen molar-refractivity contribution in [1.82, 2.24) is 14.8 Å². The number of aromatic nitrogens is 3. The van der Waals surface area contributed by atoms with Crippen LogP contribution in [0.2, 0.25) is 5.02 Å². The van der Waals surface area contributed by atoms with Gasteiger partial charge in [0.2, 0.25) is 5.91 Å². The van der Waals surface area contributed by atoms with E-state index in [9.17, 15) is 4.79 Å². The number of carbonyl (C=O) groups excluding carboxylic acids is 1. The second-order valence-corrected chi connectivity index (χ2v) is 7.60. The standard InChI is InChI=1S/C19H19ClN4O2S/c1-12(18(25)21-15-6-4-5-14(20)11-15)27-19-23-22-17(24(19)2)13-7-9-16(26-3)10-8-13/h4-12H,1-3H3,(H,21,25)/t12-/m0/s1. The van der Waals surface area contributed by atoms with E-state index in [-0.39, 0.29) is 11.2 Å². The summed E-state index contributed by atoms with van der Waals surface area (Å²) >= 11 is 7.30. The molecule has 2 aromatic carbocycles. The van der Waals surface area contributed by atoms with Gasteiger partial charge in [0.15, 0.2) is 11.0 Å². The Bertz CT molecular complexity index is 943. The number of amides is 1. The van der Waals surface area contributed by atoms with Crippen molar-refractivity contribution in [3.8, 4) is 17.1 Å². The molecular weight excluding hydrogens is 384 g/mol. The lowest BCUT2D eigenvalue weighted by atomic mass is 10.2. The molecule has 1 amide bonds. The van der Waals surface area contributed by atoms with Gasteiger partial charge in [-0.3, -0.25) is 4.79 Å². The van der Waals surface area contributed by atoms with Crippen LogP contribution in [0.1, 0.15) is 6.92 Å². The summed E-state index contributed by atoms with van der Waals surface area (Å²) in [4.78, 5) is 12.4. The van der Waals surface area contributed by atoms with Gasteiger partial charge in [-0.15, -0.1) is 10.2 Å². The molecule has 8 heteroatoms. The molecule has 1 N–H and O–H groups in total. The van der Waals surface area contributed by atoms with Crippen molar-refractivity contribution in [3.63, 3.8) is 0 Å². The molecule has 3 aromatic rings. The molecule has 0 radical (unpaired) electrons. The number of thioether (sulfide) groups is 1. The third kappa shape index (κ3) is 4.61. The molecule has 1 atom stereocenters. The van der Waals surface area contributed by atoms with Crippen molar-refractivity contribution >= 4 is 35.0 Å². The van der Waals surface area contributed by atoms with Crippen LogP contribution in [0.15, 0.2) is 53.7 Å². The maximum absolute atomic E-state index is 12.4. The van der Waals surface area contributed by atoms with E-state index in [1.165, 1.54) is 11.8 Å². The molecule has 0 unspecified atom stereocenters. The lowest BCUT2D eigenvalue weighted by molar-refractivity contribution is -0.115. The highest BCUT2D eigenvalue weighted by molar-refractivity contribution is 8.00. The monoisotopic (exact) mass is 402 g/mol. The number of halogens is 1. The van der Waals surface area contributed by atoms with Gasteiger partial charge in [-0.05, 0) is 49.4 Å². The highest BCUT2D eigenvalue weighted by Gasteiger charge is 2.19. The topological polar surface area (TPSA) is 69.0 Å². The summed E-state index contributed by atoms with van der Waals surface area (Å²) in [5, 5.41) is 12.2. The van der Waals surface area contributed by atoms with Crippen LogP contribution in [0.4, 0.5) is 5.69 Å². The van der Waals surface area contributed by atoms with Gasteiger partial charge in [0, 0.05) is 23.3 Å². The number of nitrogens with one attached hydrogen (secondary N) is 1. The molecule has 0 spiro atoms. The van der Waals surface area contributed by atoms with Crippen LogP contribution in [0.3, 0.4) is 0 Å². The molecule has 3 rings (SSSR count). The predicted molar refractivity (Wildman–Crippen MR) is 108 cm³/mol. The van der Waals surface area contributed by atoms with Crippen molar-refractivity contribution in [1.29, 1.82) is 0 Å². The van der Waals surface area contributed by atoms with Crippen LogP contribution in [0.25, 0.3) is 11.4 Å². The highest BCUT2D eigenvalue weighted by Crippen LogP contribution is 2.27. The van der Waals surface area contributed by atoms with E-state index in [4.69, 9.17) is 16.3 Å². The minimum absolute atomic E-state index is 0.128. The molecule has 1 aromatic heterocycles. The number of hydrogen-bond acceptors (Lipinski definition) is 5. The Morgan fingerprint density at radius 3 is 2.63 bits per heavy atom. The largest absolute Gasteiger partial charge is 0.497 e. The second kappa shape index (κ2) is 8.45. The average molecular weight is 403 g/mol. The first-order valence-corrected chi connectivity index (χ1v) is 9.50. The summed E-state index contributed by atoms with van der Waals surface area (Å²) in [6.45, 7) is 1.83. The maximum atomic E-state index is 12.4. The molecule has 140 valence electrons. The fourth-order valence-corrected chi connectivity index (χ4v) is 3.44. The predicted octanol–water partition coefficient (Wildman–Crippen LogP) is 4.26. The molecule has 0 aliphatic rings. The molecule has 0 saturated heterocycles. The van der Waals surface area contributed by atoms with E-state index < -0.39 is 0 Å². The van der Waals surface area contributed by atoms with Crippen molar-refractivity contribution < 1.29 is 9.53 Å². The number of carbonyl (C=O) groups is 1. The molecular formula is C19H19ClN4O2S. The van der Waals surface area contributed by atoms with E-state index in [0.717, 1.165) is 17.1 Å². The molecule has 0 aliphatic carbocycles. The molecule has 27 heavy (non-hydrogen) atoms. The molecule has 0 bridgehead atoms. The van der Waals surface area contributed by atoms with E-state index in [0.29, 0.717) is 15.9 Å². The first-order valence-electron chi connectivity index (χ1n) is 8.25. The van der Waals surface area contributed by atoms with Gasteiger partial charge in [-0.1, -0.05) is 29.4 Å². The smallest absolute Gasteiger partial charge is 0.237 e. The summed E-state index contributed by atoms with van der Waals surface area (Å²) in [5.41, 5.74) is 1.59. The van der Waals surface area contributed by atoms with Gasteiger partial charge in [-0.25, -0.2) is 0 Å². The summed E-state index contributed by atoms with van der Waals surface area (Å²) in [7, 11) is 3.51. The number of ether oxygens (including phenoxy) is 1. The Morgan fingerprint density at radius 2 is 1.96 bits per heavy atom. The number of benzene rings is 2. The van der Waals surface area contributed by atoms with Crippen molar-refractivity contribution in [3.05, 3.63) is 53.6 Å². The second-order valence-electron chi connectivity index (χ2n) is 5.85. The van der Waals surface area contributed by atoms with E-state index in [1.807, 2.05) is 42.8 Å². The number of nitrogens with zero attached hydrogens (tertiary/aromatic N) is 3. The molecule has 0 saturated carbocycles. The van der Waals surface area contributed by atoms with Crippen molar-refractivity contribution in [2.24, 2.45) is 7.05 Å². The number of anilines is 1. The van der Waals surface area contributed by atoms with Gasteiger partial charge < -0.3 is 14.6 Å². The first-order chi connectivity index (χ1) is 13.0. The fourth-order valence-electron chi connectivity index (χ4n) is 2.43. The van der Waals surface area contributed by atoms with E-state index >= 15 is 0 Å². The number of methoxy groups -OCH3 is 1. The molecule has 0 aliphatic heterocycles. The van der Waals surface area contributed by atoms with Gasteiger partial charge >= 0.3 is 0 Å².